The van der Waals surface area contributed by atoms with E-state index in [4.69, 9.17) is 9.84 Å². The number of phenols is 1. The van der Waals surface area contributed by atoms with Gasteiger partial charge >= 0.3 is 5.97 Å². The second-order valence-electron chi connectivity index (χ2n) is 5.28. The van der Waals surface area contributed by atoms with Crippen LogP contribution in [0.1, 0.15) is 30.1 Å². The van der Waals surface area contributed by atoms with Crippen LogP contribution in [-0.4, -0.2) is 40.6 Å². The molecule has 5 heteroatoms. The van der Waals surface area contributed by atoms with Gasteiger partial charge in [-0.2, -0.15) is 0 Å². The molecule has 2 rings (SSSR count). The van der Waals surface area contributed by atoms with Gasteiger partial charge < -0.3 is 20.1 Å². The predicted molar refractivity (Wildman–Crippen MR) is 76.9 cm³/mol. The number of hydrogen-bond acceptors (Lipinski definition) is 5. The molecule has 0 radical (unpaired) electrons. The topological polar surface area (TPSA) is 87.0 Å². The Balaban J connectivity index is 2.08. The zero-order chi connectivity index (χ0) is 15.4. The summed E-state index contributed by atoms with van der Waals surface area (Å²) in [4.78, 5) is 12.1. The number of ether oxygens (including phenoxy) is 1. The van der Waals surface area contributed by atoms with Gasteiger partial charge in [0.1, 0.15) is 11.9 Å². The molecule has 2 atom stereocenters. The first kappa shape index (κ1) is 15.5. The molecule has 1 aliphatic rings. The van der Waals surface area contributed by atoms with Gasteiger partial charge in [0.15, 0.2) is 0 Å². The minimum atomic E-state index is -0.463. The molecule has 0 heterocycles. The summed E-state index contributed by atoms with van der Waals surface area (Å²) in [6, 6.07) is 5.86. The molecule has 21 heavy (non-hydrogen) atoms. The van der Waals surface area contributed by atoms with Crippen LogP contribution in [0.5, 0.6) is 5.75 Å². The van der Waals surface area contributed by atoms with Crippen molar-refractivity contribution < 1.29 is 24.9 Å². The molecule has 0 aliphatic heterocycles. The molecule has 0 saturated carbocycles. The summed E-state index contributed by atoms with van der Waals surface area (Å²) in [6.45, 7) is 1.81. The Hall–Kier alpha value is -1.85. The normalized spacial score (nSPS) is 21.7. The fourth-order valence-corrected chi connectivity index (χ4v) is 2.79. The van der Waals surface area contributed by atoms with Crippen molar-refractivity contribution in [3.63, 3.8) is 0 Å². The van der Waals surface area contributed by atoms with Crippen LogP contribution in [0.25, 0.3) is 0 Å². The molecule has 5 nitrogen and oxygen atoms in total. The predicted octanol–water partition coefficient (Wildman–Crippen LogP) is 1.63. The Morgan fingerprint density at radius 2 is 1.95 bits per heavy atom. The van der Waals surface area contributed by atoms with E-state index in [0.717, 1.165) is 11.1 Å². The number of benzene rings is 1. The summed E-state index contributed by atoms with van der Waals surface area (Å²) < 4.78 is 5.52. The van der Waals surface area contributed by atoms with E-state index in [2.05, 4.69) is 0 Å². The fourth-order valence-electron chi connectivity index (χ4n) is 2.79. The number of carbonyl (C=O) groups excluding carboxylic acids is 1. The quantitative estimate of drug-likeness (QED) is 0.567. The average Bonchev–Trinajstić information content (AvgIpc) is 2.75. The first-order valence-corrected chi connectivity index (χ1v) is 6.97. The van der Waals surface area contributed by atoms with E-state index >= 15 is 0 Å². The standard InChI is InChI=1S/C16H20O5/c1-10-8-15(13(6-7-17)14(10)9-18)21-16(20)11-2-4-12(19)5-3-11/h2-5,13,15,17-19H,6-9H2,1H3/t13-,15-/m1/s1. The van der Waals surface area contributed by atoms with Gasteiger partial charge in [0.2, 0.25) is 0 Å². The third kappa shape index (κ3) is 3.43. The highest BCUT2D eigenvalue weighted by molar-refractivity contribution is 5.89. The number of aliphatic hydroxyl groups excluding tert-OH is 2. The van der Waals surface area contributed by atoms with Gasteiger partial charge in [-0.3, -0.25) is 0 Å². The second kappa shape index (κ2) is 6.74. The molecular formula is C16H20O5. The zero-order valence-corrected chi connectivity index (χ0v) is 12.0. The molecule has 114 valence electrons. The van der Waals surface area contributed by atoms with Gasteiger partial charge in [-0.05, 0) is 43.2 Å². The number of phenolic OH excluding ortho intramolecular Hbond substituents is 1. The van der Waals surface area contributed by atoms with E-state index in [1.165, 1.54) is 24.3 Å². The van der Waals surface area contributed by atoms with Crippen LogP contribution in [0.2, 0.25) is 0 Å². The van der Waals surface area contributed by atoms with Gasteiger partial charge in [-0.15, -0.1) is 0 Å². The first-order chi connectivity index (χ1) is 10.1. The zero-order valence-electron chi connectivity index (χ0n) is 12.0. The lowest BCUT2D eigenvalue weighted by Crippen LogP contribution is -2.26. The molecule has 0 unspecified atom stereocenters. The molecule has 0 amide bonds. The van der Waals surface area contributed by atoms with Crippen LogP contribution in [-0.2, 0) is 4.74 Å². The van der Waals surface area contributed by atoms with E-state index in [-0.39, 0.29) is 31.0 Å². The van der Waals surface area contributed by atoms with E-state index in [1.54, 1.807) is 0 Å². The highest BCUT2D eigenvalue weighted by Crippen LogP contribution is 2.36. The van der Waals surface area contributed by atoms with Crippen LogP contribution in [0.15, 0.2) is 35.4 Å². The third-order valence-electron chi connectivity index (χ3n) is 3.92. The van der Waals surface area contributed by atoms with Crippen LogP contribution in [0.3, 0.4) is 0 Å². The molecule has 1 aromatic carbocycles. The van der Waals surface area contributed by atoms with Crippen molar-refractivity contribution in [3.05, 3.63) is 41.0 Å². The van der Waals surface area contributed by atoms with Gasteiger partial charge in [0, 0.05) is 18.9 Å². The number of carbonyl (C=O) groups is 1. The Bertz CT molecular complexity index is 532. The molecule has 0 spiro atoms. The lowest BCUT2D eigenvalue weighted by molar-refractivity contribution is 0.0185. The Labute approximate surface area is 123 Å². The minimum Gasteiger partial charge on any atom is -0.508 e. The molecule has 1 aliphatic carbocycles. The van der Waals surface area contributed by atoms with Crippen molar-refractivity contribution in [2.24, 2.45) is 5.92 Å². The number of rotatable bonds is 5. The van der Waals surface area contributed by atoms with E-state index < -0.39 is 5.97 Å². The van der Waals surface area contributed by atoms with E-state index in [0.29, 0.717) is 18.4 Å². The molecule has 0 aromatic heterocycles. The second-order valence-corrected chi connectivity index (χ2v) is 5.28. The summed E-state index contributed by atoms with van der Waals surface area (Å²) in [7, 11) is 0. The van der Waals surface area contributed by atoms with Crippen molar-refractivity contribution in [1.29, 1.82) is 0 Å². The monoisotopic (exact) mass is 292 g/mol. The van der Waals surface area contributed by atoms with Gasteiger partial charge in [-0.25, -0.2) is 4.79 Å². The van der Waals surface area contributed by atoms with Crippen molar-refractivity contribution in [2.45, 2.75) is 25.9 Å². The third-order valence-corrected chi connectivity index (χ3v) is 3.92. The SMILES string of the molecule is CC1=C(CO)[C@@H](CCO)[C@H](OC(=O)c2ccc(O)cc2)C1. The summed E-state index contributed by atoms with van der Waals surface area (Å²) in [5.41, 5.74) is 2.23. The maximum absolute atomic E-state index is 12.1. The van der Waals surface area contributed by atoms with Crippen molar-refractivity contribution in [3.8, 4) is 5.75 Å². The molecular weight excluding hydrogens is 272 g/mol. The van der Waals surface area contributed by atoms with E-state index in [9.17, 15) is 15.0 Å². The smallest absolute Gasteiger partial charge is 0.338 e. The maximum Gasteiger partial charge on any atom is 0.338 e. The fraction of sp³-hybridized carbons (Fsp3) is 0.438. The summed E-state index contributed by atoms with van der Waals surface area (Å²) in [5, 5.41) is 27.8. The van der Waals surface area contributed by atoms with Gasteiger partial charge in [0.05, 0.1) is 12.2 Å². The largest absolute Gasteiger partial charge is 0.508 e. The van der Waals surface area contributed by atoms with Gasteiger partial charge in [0.25, 0.3) is 0 Å². The Morgan fingerprint density at radius 1 is 1.29 bits per heavy atom. The van der Waals surface area contributed by atoms with Crippen LogP contribution in [0.4, 0.5) is 0 Å². The molecule has 3 N–H and O–H groups in total. The highest BCUT2D eigenvalue weighted by Gasteiger charge is 2.35. The van der Waals surface area contributed by atoms with Gasteiger partial charge in [-0.1, -0.05) is 5.57 Å². The maximum atomic E-state index is 12.1. The van der Waals surface area contributed by atoms with Crippen LogP contribution in [0, 0.1) is 5.92 Å². The molecule has 0 bridgehead atoms. The summed E-state index contributed by atoms with van der Waals surface area (Å²) in [5.74, 6) is -0.512. The van der Waals surface area contributed by atoms with Crippen LogP contribution < -0.4 is 0 Å². The first-order valence-electron chi connectivity index (χ1n) is 6.97. The number of esters is 1. The Morgan fingerprint density at radius 3 is 2.52 bits per heavy atom. The molecule has 0 saturated heterocycles. The number of aliphatic hydroxyl groups is 2. The molecule has 1 aromatic rings. The van der Waals surface area contributed by atoms with Crippen molar-refractivity contribution in [2.75, 3.05) is 13.2 Å². The highest BCUT2D eigenvalue weighted by atomic mass is 16.5. The number of aromatic hydroxyl groups is 1. The summed E-state index contributed by atoms with van der Waals surface area (Å²) >= 11 is 0. The number of hydrogen-bond donors (Lipinski definition) is 3. The van der Waals surface area contributed by atoms with E-state index in [1.807, 2.05) is 6.92 Å². The lowest BCUT2D eigenvalue weighted by Gasteiger charge is -2.22. The molecule has 0 fully saturated rings. The van der Waals surface area contributed by atoms with Crippen molar-refractivity contribution >= 4 is 5.97 Å². The summed E-state index contributed by atoms with van der Waals surface area (Å²) in [6.07, 6.45) is 0.672. The average molecular weight is 292 g/mol. The van der Waals surface area contributed by atoms with Crippen molar-refractivity contribution in [1.82, 2.24) is 0 Å². The Kier molecular flexibility index (Phi) is 4.98. The minimum absolute atomic E-state index is 0.0191. The lowest BCUT2D eigenvalue weighted by atomic mass is 9.96. The van der Waals surface area contributed by atoms with Crippen LogP contribution >= 0.6 is 0 Å².